The van der Waals surface area contributed by atoms with E-state index in [1.807, 2.05) is 25.8 Å². The second kappa shape index (κ2) is 10.1. The lowest BCUT2D eigenvalue weighted by atomic mass is 9.71. The summed E-state index contributed by atoms with van der Waals surface area (Å²) in [5.74, 6) is 0.525. The van der Waals surface area contributed by atoms with Crippen LogP contribution in [0.1, 0.15) is 86.0 Å². The molecule has 2 rings (SSSR count). The van der Waals surface area contributed by atoms with Crippen molar-refractivity contribution in [3.8, 4) is 0 Å². The molecular formula is C25H40N2O4. The first-order valence-corrected chi connectivity index (χ1v) is 11.6. The van der Waals surface area contributed by atoms with Gasteiger partial charge < -0.3 is 4.90 Å². The van der Waals surface area contributed by atoms with Crippen LogP contribution in [0.3, 0.4) is 0 Å². The van der Waals surface area contributed by atoms with E-state index in [2.05, 4.69) is 13.8 Å². The van der Waals surface area contributed by atoms with Crippen molar-refractivity contribution in [2.75, 3.05) is 13.6 Å². The number of ketones is 1. The molecule has 31 heavy (non-hydrogen) atoms. The normalized spacial score (nSPS) is 22.2. The molecule has 0 saturated heterocycles. The second-order valence-electron chi connectivity index (χ2n) is 11.0. The van der Waals surface area contributed by atoms with Crippen molar-refractivity contribution in [2.45, 2.75) is 92.0 Å². The molecule has 6 heteroatoms. The Balaban J connectivity index is 1.70. The highest BCUT2D eigenvalue weighted by atomic mass is 16.2. The van der Waals surface area contributed by atoms with E-state index in [4.69, 9.17) is 0 Å². The van der Waals surface area contributed by atoms with E-state index in [0.717, 1.165) is 45.1 Å². The van der Waals surface area contributed by atoms with Gasteiger partial charge in [0.05, 0.1) is 0 Å². The summed E-state index contributed by atoms with van der Waals surface area (Å²) >= 11 is 0. The van der Waals surface area contributed by atoms with Crippen LogP contribution in [-0.4, -0.2) is 52.9 Å². The van der Waals surface area contributed by atoms with Gasteiger partial charge in [-0.2, -0.15) is 0 Å². The van der Waals surface area contributed by atoms with Gasteiger partial charge in [0.2, 0.25) is 5.91 Å². The van der Waals surface area contributed by atoms with Gasteiger partial charge in [0.15, 0.2) is 0 Å². The van der Waals surface area contributed by atoms with E-state index >= 15 is 0 Å². The molecular weight excluding hydrogens is 392 g/mol. The van der Waals surface area contributed by atoms with Gasteiger partial charge in [-0.25, -0.2) is 0 Å². The summed E-state index contributed by atoms with van der Waals surface area (Å²) in [4.78, 5) is 51.5. The zero-order chi connectivity index (χ0) is 23.4. The minimum Gasteiger partial charge on any atom is -0.346 e. The molecule has 1 saturated carbocycles. The van der Waals surface area contributed by atoms with Crippen molar-refractivity contribution in [1.82, 2.24) is 9.80 Å². The number of carbonyl (C=O) groups is 4. The highest BCUT2D eigenvalue weighted by Gasteiger charge is 2.35. The molecule has 3 amide bonds. The molecule has 0 aromatic carbocycles. The maximum absolute atomic E-state index is 12.7. The van der Waals surface area contributed by atoms with Crippen LogP contribution in [0.2, 0.25) is 0 Å². The SMILES string of the molecule is CC(=O)C(C)(C)CC(C)(C)CC(=O)N(C)CCCC1CCC(N2C(=O)C=CC2=O)CC1. The predicted octanol–water partition coefficient (Wildman–Crippen LogP) is 4.13. The third-order valence-electron chi connectivity index (χ3n) is 7.06. The molecule has 0 aromatic rings. The van der Waals surface area contributed by atoms with Gasteiger partial charge in [-0.05, 0) is 63.2 Å². The highest BCUT2D eigenvalue weighted by Crippen LogP contribution is 2.37. The lowest BCUT2D eigenvalue weighted by Crippen LogP contribution is -2.42. The first kappa shape index (κ1) is 25.3. The zero-order valence-electron chi connectivity index (χ0n) is 20.2. The number of amides is 3. The monoisotopic (exact) mass is 432 g/mol. The van der Waals surface area contributed by atoms with Crippen LogP contribution in [0.4, 0.5) is 0 Å². The van der Waals surface area contributed by atoms with E-state index in [-0.39, 0.29) is 35.0 Å². The molecule has 0 spiro atoms. The Hall–Kier alpha value is -1.98. The lowest BCUT2D eigenvalue weighted by molar-refractivity contribution is -0.140. The molecule has 0 atom stereocenters. The summed E-state index contributed by atoms with van der Waals surface area (Å²) in [5.41, 5.74) is -0.639. The standard InChI is InChI=1S/C25H40N2O4/c1-18(28)25(4,5)17-24(2,3)16-23(31)26(6)15-7-8-19-9-11-20(12-10-19)27-21(29)13-14-22(27)30/h13-14,19-20H,7-12,15-17H2,1-6H3. The van der Waals surface area contributed by atoms with Crippen LogP contribution in [-0.2, 0) is 19.2 Å². The van der Waals surface area contributed by atoms with Crippen LogP contribution < -0.4 is 0 Å². The van der Waals surface area contributed by atoms with Crippen LogP contribution in [0.25, 0.3) is 0 Å². The van der Waals surface area contributed by atoms with Gasteiger partial charge in [-0.15, -0.1) is 0 Å². The number of hydrogen-bond donors (Lipinski definition) is 0. The summed E-state index contributed by atoms with van der Waals surface area (Å²) in [7, 11) is 1.86. The number of rotatable bonds is 10. The third-order valence-corrected chi connectivity index (χ3v) is 7.06. The van der Waals surface area contributed by atoms with Crippen molar-refractivity contribution >= 4 is 23.5 Å². The minimum atomic E-state index is -0.415. The van der Waals surface area contributed by atoms with Gasteiger partial charge in [-0.3, -0.25) is 24.1 Å². The zero-order valence-corrected chi connectivity index (χ0v) is 20.2. The van der Waals surface area contributed by atoms with E-state index in [1.54, 1.807) is 6.92 Å². The average molecular weight is 433 g/mol. The molecule has 0 radical (unpaired) electrons. The van der Waals surface area contributed by atoms with E-state index in [9.17, 15) is 19.2 Å². The fourth-order valence-corrected chi connectivity index (χ4v) is 5.13. The summed E-state index contributed by atoms with van der Waals surface area (Å²) < 4.78 is 0. The maximum atomic E-state index is 12.7. The summed E-state index contributed by atoms with van der Waals surface area (Å²) in [6.07, 6.45) is 9.67. The number of hydrogen-bond acceptors (Lipinski definition) is 4. The Labute approximate surface area is 187 Å². The predicted molar refractivity (Wildman–Crippen MR) is 121 cm³/mol. The molecule has 1 heterocycles. The van der Waals surface area contributed by atoms with Crippen LogP contribution in [0, 0.1) is 16.7 Å². The molecule has 1 aliphatic carbocycles. The van der Waals surface area contributed by atoms with Crippen molar-refractivity contribution < 1.29 is 19.2 Å². The Kier molecular flexibility index (Phi) is 8.23. The fourth-order valence-electron chi connectivity index (χ4n) is 5.13. The van der Waals surface area contributed by atoms with Crippen molar-refractivity contribution in [1.29, 1.82) is 0 Å². The molecule has 0 N–H and O–H groups in total. The number of Topliss-reactive ketones (excluding diaryl/α,β-unsaturated/α-hetero) is 1. The van der Waals surface area contributed by atoms with Crippen molar-refractivity contribution in [3.05, 3.63) is 12.2 Å². The molecule has 174 valence electrons. The van der Waals surface area contributed by atoms with Crippen LogP contribution >= 0.6 is 0 Å². The molecule has 1 fully saturated rings. The minimum absolute atomic E-state index is 0.0389. The Morgan fingerprint density at radius 1 is 1.03 bits per heavy atom. The van der Waals surface area contributed by atoms with E-state index in [0.29, 0.717) is 18.8 Å². The van der Waals surface area contributed by atoms with Gasteiger partial charge in [-0.1, -0.05) is 27.7 Å². The molecule has 0 bridgehead atoms. The van der Waals surface area contributed by atoms with Crippen molar-refractivity contribution in [2.24, 2.45) is 16.7 Å². The van der Waals surface area contributed by atoms with Gasteiger partial charge in [0.1, 0.15) is 5.78 Å². The molecule has 0 aromatic heterocycles. The first-order chi connectivity index (χ1) is 14.3. The molecule has 2 aliphatic rings. The van der Waals surface area contributed by atoms with Crippen LogP contribution in [0.5, 0.6) is 0 Å². The molecule has 6 nitrogen and oxygen atoms in total. The van der Waals surface area contributed by atoms with Gasteiger partial charge in [0, 0.05) is 43.6 Å². The Morgan fingerprint density at radius 3 is 2.10 bits per heavy atom. The number of nitrogens with zero attached hydrogens (tertiary/aromatic N) is 2. The van der Waals surface area contributed by atoms with E-state index in [1.165, 1.54) is 17.1 Å². The largest absolute Gasteiger partial charge is 0.346 e. The van der Waals surface area contributed by atoms with Crippen LogP contribution in [0.15, 0.2) is 12.2 Å². The number of carbonyl (C=O) groups excluding carboxylic acids is 4. The topological polar surface area (TPSA) is 74.8 Å². The molecule has 0 unspecified atom stereocenters. The van der Waals surface area contributed by atoms with E-state index < -0.39 is 5.41 Å². The molecule has 1 aliphatic heterocycles. The Bertz CT molecular complexity index is 712. The Morgan fingerprint density at radius 2 is 1.58 bits per heavy atom. The average Bonchev–Trinajstić information content (AvgIpc) is 2.99. The maximum Gasteiger partial charge on any atom is 0.253 e. The first-order valence-electron chi connectivity index (χ1n) is 11.6. The fraction of sp³-hybridized carbons (Fsp3) is 0.760. The van der Waals surface area contributed by atoms with Crippen molar-refractivity contribution in [3.63, 3.8) is 0 Å². The number of imide groups is 1. The summed E-state index contributed by atoms with van der Waals surface area (Å²) in [5, 5.41) is 0. The second-order valence-corrected chi connectivity index (χ2v) is 11.0. The third kappa shape index (κ3) is 7.01. The lowest BCUT2D eigenvalue weighted by Gasteiger charge is -2.34. The smallest absolute Gasteiger partial charge is 0.253 e. The quantitative estimate of drug-likeness (QED) is 0.487. The highest BCUT2D eigenvalue weighted by molar-refractivity contribution is 6.13. The van der Waals surface area contributed by atoms with Gasteiger partial charge >= 0.3 is 0 Å². The summed E-state index contributed by atoms with van der Waals surface area (Å²) in [6.45, 7) is 10.4. The summed E-state index contributed by atoms with van der Waals surface area (Å²) in [6, 6.07) is 0.0389. The van der Waals surface area contributed by atoms with Gasteiger partial charge in [0.25, 0.3) is 11.8 Å².